The summed E-state index contributed by atoms with van der Waals surface area (Å²) in [5, 5.41) is 25.5. The molecule has 1 aromatic heterocycles. The molecule has 1 aromatic carbocycles. The van der Waals surface area contributed by atoms with Crippen LogP contribution in [0.2, 0.25) is 0 Å². The molecule has 0 saturated heterocycles. The molecular weight excluding hydrogens is 276 g/mol. The largest absolute Gasteiger partial charge is 0.489 e. The summed E-state index contributed by atoms with van der Waals surface area (Å²) in [6.07, 6.45) is -5.77. The van der Waals surface area contributed by atoms with Gasteiger partial charge in [-0.15, -0.1) is 10.2 Å². The number of hydrogen-bond acceptors (Lipinski definition) is 5. The Labute approximate surface area is 112 Å². The molecule has 2 N–H and O–H groups in total. The maximum absolute atomic E-state index is 12.1. The molecule has 106 valence electrons. The van der Waals surface area contributed by atoms with Crippen LogP contribution in [0.25, 0.3) is 11.5 Å². The van der Waals surface area contributed by atoms with Gasteiger partial charge < -0.3 is 14.5 Å². The third-order valence-electron chi connectivity index (χ3n) is 2.56. The fourth-order valence-corrected chi connectivity index (χ4v) is 1.63. The SMILES string of the molecule is OB(O)c1ccccc1-c1nnc(CCC(F)(F)F)o1. The number of halogens is 3. The molecule has 0 aliphatic rings. The third-order valence-corrected chi connectivity index (χ3v) is 2.56. The molecule has 0 atom stereocenters. The summed E-state index contributed by atoms with van der Waals surface area (Å²) in [4.78, 5) is 0. The van der Waals surface area contributed by atoms with Crippen LogP contribution in [0.1, 0.15) is 12.3 Å². The van der Waals surface area contributed by atoms with E-state index in [1.165, 1.54) is 12.1 Å². The molecule has 0 unspecified atom stereocenters. The average molecular weight is 286 g/mol. The second kappa shape index (κ2) is 5.64. The summed E-state index contributed by atoms with van der Waals surface area (Å²) >= 11 is 0. The summed E-state index contributed by atoms with van der Waals surface area (Å²) < 4.78 is 41.4. The van der Waals surface area contributed by atoms with Gasteiger partial charge in [0.05, 0.1) is 6.42 Å². The van der Waals surface area contributed by atoms with E-state index in [0.717, 1.165) is 0 Å². The van der Waals surface area contributed by atoms with Crippen LogP contribution in [0.5, 0.6) is 0 Å². The monoisotopic (exact) mass is 286 g/mol. The van der Waals surface area contributed by atoms with Gasteiger partial charge in [0, 0.05) is 12.0 Å². The van der Waals surface area contributed by atoms with Crippen LogP contribution in [0.3, 0.4) is 0 Å². The number of nitrogens with zero attached hydrogens (tertiary/aromatic N) is 2. The predicted octanol–water partition coefficient (Wildman–Crippen LogP) is 0.911. The first-order valence-electron chi connectivity index (χ1n) is 5.71. The fourth-order valence-electron chi connectivity index (χ4n) is 1.63. The fraction of sp³-hybridized carbons (Fsp3) is 0.273. The molecule has 0 spiro atoms. The van der Waals surface area contributed by atoms with Gasteiger partial charge in [-0.25, -0.2) is 0 Å². The summed E-state index contributed by atoms with van der Waals surface area (Å²) in [5.41, 5.74) is 0.409. The Balaban J connectivity index is 2.21. The highest BCUT2D eigenvalue weighted by Crippen LogP contribution is 2.23. The lowest BCUT2D eigenvalue weighted by molar-refractivity contribution is -0.134. The van der Waals surface area contributed by atoms with E-state index in [2.05, 4.69) is 10.2 Å². The van der Waals surface area contributed by atoms with E-state index in [9.17, 15) is 23.2 Å². The Morgan fingerprint density at radius 2 is 1.85 bits per heavy atom. The quantitative estimate of drug-likeness (QED) is 0.817. The van der Waals surface area contributed by atoms with Crippen molar-refractivity contribution in [2.24, 2.45) is 0 Å². The van der Waals surface area contributed by atoms with Crippen molar-refractivity contribution in [1.29, 1.82) is 0 Å². The molecule has 2 aromatic rings. The molecule has 9 heteroatoms. The zero-order chi connectivity index (χ0) is 14.8. The smallest absolute Gasteiger partial charge is 0.423 e. The highest BCUT2D eigenvalue weighted by atomic mass is 19.4. The number of benzene rings is 1. The van der Waals surface area contributed by atoms with E-state index in [-0.39, 0.29) is 22.8 Å². The molecule has 2 rings (SSSR count). The number of alkyl halides is 3. The highest BCUT2D eigenvalue weighted by Gasteiger charge is 2.28. The van der Waals surface area contributed by atoms with Gasteiger partial charge in [0.25, 0.3) is 0 Å². The van der Waals surface area contributed by atoms with Crippen molar-refractivity contribution in [3.63, 3.8) is 0 Å². The lowest BCUT2D eigenvalue weighted by atomic mass is 9.77. The molecule has 0 fully saturated rings. The Hall–Kier alpha value is -1.87. The molecule has 0 radical (unpaired) electrons. The minimum absolute atomic E-state index is 0.0501. The number of rotatable bonds is 4. The second-order valence-corrected chi connectivity index (χ2v) is 4.08. The van der Waals surface area contributed by atoms with Crippen molar-refractivity contribution in [2.75, 3.05) is 0 Å². The molecule has 0 bridgehead atoms. The Bertz CT molecular complexity index is 586. The van der Waals surface area contributed by atoms with Gasteiger partial charge >= 0.3 is 13.3 Å². The molecular formula is C11H10BF3N2O3. The van der Waals surface area contributed by atoms with Gasteiger partial charge in [-0.2, -0.15) is 13.2 Å². The van der Waals surface area contributed by atoms with Gasteiger partial charge in [0.2, 0.25) is 11.8 Å². The van der Waals surface area contributed by atoms with Gasteiger partial charge in [-0.05, 0) is 11.5 Å². The number of hydrogen-bond donors (Lipinski definition) is 2. The normalized spacial score (nSPS) is 11.7. The summed E-state index contributed by atoms with van der Waals surface area (Å²) in [5.74, 6) is -0.203. The molecule has 5 nitrogen and oxygen atoms in total. The molecule has 0 aliphatic heterocycles. The van der Waals surface area contributed by atoms with E-state index < -0.39 is 26.1 Å². The molecule has 0 amide bonds. The zero-order valence-electron chi connectivity index (χ0n) is 10.1. The van der Waals surface area contributed by atoms with Crippen LogP contribution in [0.15, 0.2) is 28.7 Å². The third kappa shape index (κ3) is 3.58. The van der Waals surface area contributed by atoms with Crippen molar-refractivity contribution in [1.82, 2.24) is 10.2 Å². The highest BCUT2D eigenvalue weighted by molar-refractivity contribution is 6.60. The van der Waals surface area contributed by atoms with Crippen molar-refractivity contribution in [3.8, 4) is 11.5 Å². The Kier molecular flexibility index (Phi) is 4.10. The summed E-state index contributed by atoms with van der Waals surface area (Å²) in [6.45, 7) is 0. The lowest BCUT2D eigenvalue weighted by Crippen LogP contribution is -2.31. The first-order valence-corrected chi connectivity index (χ1v) is 5.71. The van der Waals surface area contributed by atoms with Crippen LogP contribution in [-0.2, 0) is 6.42 Å². The van der Waals surface area contributed by atoms with Crippen LogP contribution in [-0.4, -0.2) is 33.5 Å². The van der Waals surface area contributed by atoms with Crippen molar-refractivity contribution in [2.45, 2.75) is 19.0 Å². The van der Waals surface area contributed by atoms with E-state index in [4.69, 9.17) is 4.42 Å². The number of aromatic nitrogens is 2. The van der Waals surface area contributed by atoms with Crippen LogP contribution in [0, 0.1) is 0 Å². The Morgan fingerprint density at radius 1 is 1.15 bits per heavy atom. The minimum Gasteiger partial charge on any atom is -0.423 e. The van der Waals surface area contributed by atoms with Crippen LogP contribution in [0.4, 0.5) is 13.2 Å². The molecule has 1 heterocycles. The minimum atomic E-state index is -4.30. The van der Waals surface area contributed by atoms with E-state index in [1.807, 2.05) is 0 Å². The first-order chi connectivity index (χ1) is 9.37. The van der Waals surface area contributed by atoms with Gasteiger partial charge in [0.1, 0.15) is 0 Å². The molecule has 20 heavy (non-hydrogen) atoms. The first kappa shape index (κ1) is 14.5. The van der Waals surface area contributed by atoms with Gasteiger partial charge in [-0.3, -0.25) is 0 Å². The topological polar surface area (TPSA) is 79.4 Å². The van der Waals surface area contributed by atoms with Crippen molar-refractivity contribution >= 4 is 12.6 Å². The lowest BCUT2D eigenvalue weighted by Gasteiger charge is -2.04. The van der Waals surface area contributed by atoms with Gasteiger partial charge in [-0.1, -0.05) is 18.2 Å². The predicted molar refractivity (Wildman–Crippen MR) is 63.9 cm³/mol. The zero-order valence-corrected chi connectivity index (χ0v) is 10.1. The maximum atomic E-state index is 12.1. The summed E-state index contributed by atoms with van der Waals surface area (Å²) in [7, 11) is -1.74. The molecule has 0 aliphatic carbocycles. The van der Waals surface area contributed by atoms with Gasteiger partial charge in [0.15, 0.2) is 0 Å². The number of aryl methyl sites for hydroxylation is 1. The van der Waals surface area contributed by atoms with E-state index >= 15 is 0 Å². The second-order valence-electron chi connectivity index (χ2n) is 4.08. The average Bonchev–Trinajstić information content (AvgIpc) is 2.84. The maximum Gasteiger partial charge on any atom is 0.489 e. The van der Waals surface area contributed by atoms with Crippen LogP contribution < -0.4 is 5.46 Å². The van der Waals surface area contributed by atoms with Crippen molar-refractivity contribution in [3.05, 3.63) is 30.2 Å². The molecule has 0 saturated carbocycles. The van der Waals surface area contributed by atoms with Crippen LogP contribution >= 0.6 is 0 Å². The van der Waals surface area contributed by atoms with E-state index in [1.54, 1.807) is 12.1 Å². The van der Waals surface area contributed by atoms with E-state index in [0.29, 0.717) is 0 Å². The standard InChI is InChI=1S/C11H10BF3N2O3/c13-11(14,15)6-5-9-16-17-10(20-9)7-3-1-2-4-8(7)12(18)19/h1-4,18-19H,5-6H2. The van der Waals surface area contributed by atoms with Crippen molar-refractivity contribution < 1.29 is 27.6 Å². The Morgan fingerprint density at radius 3 is 2.50 bits per heavy atom. The summed E-state index contributed by atoms with van der Waals surface area (Å²) in [6, 6.07) is 6.15.